The minimum atomic E-state index is 0.482. The Labute approximate surface area is 111 Å². The third kappa shape index (κ3) is 1.82. The molecule has 0 N–H and O–H groups in total. The average molecular weight is 248 g/mol. The first-order valence-electron chi connectivity index (χ1n) is 6.16. The Morgan fingerprint density at radius 3 is 1.53 bits per heavy atom. The lowest BCUT2D eigenvalue weighted by Crippen LogP contribution is -1.95. The van der Waals surface area contributed by atoms with Crippen molar-refractivity contribution in [2.24, 2.45) is 0 Å². The van der Waals surface area contributed by atoms with Crippen LogP contribution in [0.2, 0.25) is 0 Å². The van der Waals surface area contributed by atoms with Crippen molar-refractivity contribution < 1.29 is 9.59 Å². The molecule has 0 spiro atoms. The second-order valence-corrected chi connectivity index (χ2v) is 4.55. The van der Waals surface area contributed by atoms with E-state index in [1.807, 2.05) is 48.5 Å². The van der Waals surface area contributed by atoms with E-state index in [-0.39, 0.29) is 0 Å². The summed E-state index contributed by atoms with van der Waals surface area (Å²) in [4.78, 5) is 22.9. The van der Waals surface area contributed by atoms with Crippen molar-refractivity contribution >= 4 is 23.7 Å². The van der Waals surface area contributed by atoms with Gasteiger partial charge in [-0.05, 0) is 28.7 Å². The summed E-state index contributed by atoms with van der Waals surface area (Å²) >= 11 is 0. The van der Waals surface area contributed by atoms with Crippen LogP contribution in [0.1, 0.15) is 22.3 Å². The molecule has 3 rings (SSSR count). The molecular formula is C17H12O2. The van der Waals surface area contributed by atoms with Gasteiger partial charge in [-0.15, -0.1) is 0 Å². The molecule has 92 valence electrons. The van der Waals surface area contributed by atoms with Crippen molar-refractivity contribution in [3.63, 3.8) is 0 Å². The summed E-state index contributed by atoms with van der Waals surface area (Å²) in [6.45, 7) is 0. The van der Waals surface area contributed by atoms with E-state index in [4.69, 9.17) is 0 Å². The molecule has 0 saturated carbocycles. The van der Waals surface area contributed by atoms with E-state index in [2.05, 4.69) is 0 Å². The second kappa shape index (κ2) is 4.65. The zero-order chi connectivity index (χ0) is 13.2. The van der Waals surface area contributed by atoms with Gasteiger partial charge in [0.25, 0.3) is 0 Å². The summed E-state index contributed by atoms with van der Waals surface area (Å²) in [6, 6.07) is 15.5. The fraction of sp³-hybridized carbons (Fsp3) is 0.0588. The molecule has 0 saturated heterocycles. The SMILES string of the molecule is O=CC1=C(C=O)c2ccccc2Cc2ccccc21. The smallest absolute Gasteiger partial charge is 0.151 e. The van der Waals surface area contributed by atoms with Crippen molar-refractivity contribution in [1.29, 1.82) is 0 Å². The number of allylic oxidation sites excluding steroid dienone is 2. The number of carbonyl (C=O) groups excluding carboxylic acids is 2. The van der Waals surface area contributed by atoms with Crippen LogP contribution < -0.4 is 0 Å². The molecule has 1 aliphatic rings. The number of aldehydes is 2. The largest absolute Gasteiger partial charge is 0.298 e. The van der Waals surface area contributed by atoms with E-state index in [0.717, 1.165) is 41.2 Å². The molecule has 2 heteroatoms. The molecule has 2 aromatic rings. The second-order valence-electron chi connectivity index (χ2n) is 4.55. The van der Waals surface area contributed by atoms with Crippen molar-refractivity contribution in [3.8, 4) is 0 Å². The van der Waals surface area contributed by atoms with Crippen LogP contribution >= 0.6 is 0 Å². The molecule has 0 amide bonds. The van der Waals surface area contributed by atoms with Crippen LogP contribution in [0.3, 0.4) is 0 Å². The fourth-order valence-corrected chi connectivity index (χ4v) is 2.62. The molecule has 2 aromatic carbocycles. The van der Waals surface area contributed by atoms with Crippen LogP contribution in [0, 0.1) is 0 Å². The summed E-state index contributed by atoms with van der Waals surface area (Å²) in [7, 11) is 0. The first-order valence-corrected chi connectivity index (χ1v) is 6.16. The Morgan fingerprint density at radius 2 is 1.11 bits per heavy atom. The summed E-state index contributed by atoms with van der Waals surface area (Å²) in [6.07, 6.45) is 2.30. The predicted octanol–water partition coefficient (Wildman–Crippen LogP) is 2.90. The first kappa shape index (κ1) is 11.6. The van der Waals surface area contributed by atoms with Crippen molar-refractivity contribution in [2.75, 3.05) is 0 Å². The van der Waals surface area contributed by atoms with Crippen LogP contribution in [0.5, 0.6) is 0 Å². The summed E-state index contributed by atoms with van der Waals surface area (Å²) in [5.41, 5.74) is 4.83. The van der Waals surface area contributed by atoms with E-state index in [1.54, 1.807) is 0 Å². The standard InChI is InChI=1S/C17H12O2/c18-10-16-14-7-3-1-5-12(14)9-13-6-2-4-8-15(13)17(16)11-19/h1-8,10-11H,9H2. The normalized spacial score (nSPS) is 13.3. The van der Waals surface area contributed by atoms with E-state index in [0.29, 0.717) is 11.1 Å². The molecule has 0 bridgehead atoms. The minimum absolute atomic E-state index is 0.482. The lowest BCUT2D eigenvalue weighted by atomic mass is 9.96. The Balaban J connectivity index is 2.40. The Morgan fingerprint density at radius 1 is 0.684 bits per heavy atom. The number of benzene rings is 2. The molecular weight excluding hydrogens is 236 g/mol. The lowest BCUT2D eigenvalue weighted by Gasteiger charge is -2.05. The van der Waals surface area contributed by atoms with Gasteiger partial charge in [-0.1, -0.05) is 48.5 Å². The predicted molar refractivity (Wildman–Crippen MR) is 74.6 cm³/mol. The number of hydrogen-bond donors (Lipinski definition) is 0. The van der Waals surface area contributed by atoms with Crippen LogP contribution in [0.25, 0.3) is 11.1 Å². The Bertz CT molecular complexity index is 636. The van der Waals surface area contributed by atoms with Gasteiger partial charge < -0.3 is 0 Å². The quantitative estimate of drug-likeness (QED) is 0.766. The highest BCUT2D eigenvalue weighted by Crippen LogP contribution is 2.33. The first-order chi connectivity index (χ1) is 9.35. The van der Waals surface area contributed by atoms with Crippen LogP contribution in [0.15, 0.2) is 48.5 Å². The van der Waals surface area contributed by atoms with Crippen LogP contribution in [-0.4, -0.2) is 12.6 Å². The third-order valence-electron chi connectivity index (χ3n) is 3.52. The summed E-state index contributed by atoms with van der Waals surface area (Å²) in [5.74, 6) is 0. The maximum Gasteiger partial charge on any atom is 0.151 e. The van der Waals surface area contributed by atoms with Gasteiger partial charge in [-0.2, -0.15) is 0 Å². The minimum Gasteiger partial charge on any atom is -0.298 e. The average Bonchev–Trinajstić information content (AvgIpc) is 2.60. The highest BCUT2D eigenvalue weighted by atomic mass is 16.1. The molecule has 0 heterocycles. The topological polar surface area (TPSA) is 34.1 Å². The van der Waals surface area contributed by atoms with Gasteiger partial charge in [-0.25, -0.2) is 0 Å². The highest BCUT2D eigenvalue weighted by molar-refractivity contribution is 6.30. The maximum atomic E-state index is 11.4. The zero-order valence-corrected chi connectivity index (χ0v) is 10.3. The van der Waals surface area contributed by atoms with Gasteiger partial charge in [-0.3, -0.25) is 9.59 Å². The molecule has 1 aliphatic carbocycles. The van der Waals surface area contributed by atoms with Crippen molar-refractivity contribution in [3.05, 3.63) is 70.8 Å². The highest BCUT2D eigenvalue weighted by Gasteiger charge is 2.20. The summed E-state index contributed by atoms with van der Waals surface area (Å²) < 4.78 is 0. The molecule has 19 heavy (non-hydrogen) atoms. The lowest BCUT2D eigenvalue weighted by molar-refractivity contribution is -0.105. The summed E-state index contributed by atoms with van der Waals surface area (Å²) in [5, 5.41) is 0. The van der Waals surface area contributed by atoms with Gasteiger partial charge in [0, 0.05) is 11.1 Å². The van der Waals surface area contributed by atoms with E-state index >= 15 is 0 Å². The van der Waals surface area contributed by atoms with E-state index in [9.17, 15) is 9.59 Å². The Hall–Kier alpha value is -2.48. The third-order valence-corrected chi connectivity index (χ3v) is 3.52. The van der Waals surface area contributed by atoms with Gasteiger partial charge in [0.1, 0.15) is 0 Å². The number of fused-ring (bicyclic) bond motifs is 2. The van der Waals surface area contributed by atoms with Gasteiger partial charge in [0.05, 0.1) is 0 Å². The van der Waals surface area contributed by atoms with Crippen LogP contribution in [0.4, 0.5) is 0 Å². The monoisotopic (exact) mass is 248 g/mol. The molecule has 0 fully saturated rings. The maximum absolute atomic E-state index is 11.4. The van der Waals surface area contributed by atoms with E-state index < -0.39 is 0 Å². The van der Waals surface area contributed by atoms with Gasteiger partial charge in [0.15, 0.2) is 12.6 Å². The fourth-order valence-electron chi connectivity index (χ4n) is 2.62. The zero-order valence-electron chi connectivity index (χ0n) is 10.3. The number of carbonyl (C=O) groups is 2. The Kier molecular flexibility index (Phi) is 2.84. The van der Waals surface area contributed by atoms with Crippen molar-refractivity contribution in [1.82, 2.24) is 0 Å². The van der Waals surface area contributed by atoms with Gasteiger partial charge in [0.2, 0.25) is 0 Å². The molecule has 0 unspecified atom stereocenters. The molecule has 2 nitrogen and oxygen atoms in total. The van der Waals surface area contributed by atoms with Crippen molar-refractivity contribution in [2.45, 2.75) is 6.42 Å². The molecule has 0 atom stereocenters. The molecule has 0 radical (unpaired) electrons. The van der Waals surface area contributed by atoms with E-state index in [1.165, 1.54) is 0 Å². The molecule has 0 aliphatic heterocycles. The van der Waals surface area contributed by atoms with Crippen LogP contribution in [-0.2, 0) is 16.0 Å². The molecule has 0 aromatic heterocycles. The number of rotatable bonds is 2. The van der Waals surface area contributed by atoms with Gasteiger partial charge >= 0.3 is 0 Å². The number of hydrogen-bond acceptors (Lipinski definition) is 2.